The molecule has 0 amide bonds. The van der Waals surface area contributed by atoms with Crippen LogP contribution in [0.25, 0.3) is 0 Å². The average Bonchev–Trinajstić information content (AvgIpc) is 2.40. The van der Waals surface area contributed by atoms with Gasteiger partial charge in [0.15, 0.2) is 0 Å². The predicted octanol–water partition coefficient (Wildman–Crippen LogP) is 2.55. The summed E-state index contributed by atoms with van der Waals surface area (Å²) in [5, 5.41) is 0. The SMILES string of the molecule is CC(C)(C)C#CCCCC(=O)CCCOCCOCCN. The van der Waals surface area contributed by atoms with Gasteiger partial charge in [0, 0.05) is 37.8 Å². The van der Waals surface area contributed by atoms with Crippen LogP contribution in [-0.2, 0) is 14.3 Å². The van der Waals surface area contributed by atoms with E-state index in [1.165, 1.54) is 0 Å². The number of carbonyl (C=O) groups is 1. The summed E-state index contributed by atoms with van der Waals surface area (Å²) < 4.78 is 10.6. The molecule has 0 rings (SSSR count). The summed E-state index contributed by atoms with van der Waals surface area (Å²) in [5.41, 5.74) is 5.34. The molecular formula is C17H31NO3. The van der Waals surface area contributed by atoms with E-state index in [1.54, 1.807) is 0 Å². The molecular weight excluding hydrogens is 266 g/mol. The molecule has 0 unspecified atom stereocenters. The van der Waals surface area contributed by atoms with Gasteiger partial charge in [0.05, 0.1) is 19.8 Å². The van der Waals surface area contributed by atoms with E-state index in [0.717, 1.165) is 19.3 Å². The fraction of sp³-hybridized carbons (Fsp3) is 0.824. The Hall–Kier alpha value is -0.890. The maximum atomic E-state index is 11.6. The second kappa shape index (κ2) is 12.8. The number of ether oxygens (including phenoxy) is 2. The quantitative estimate of drug-likeness (QED) is 0.444. The van der Waals surface area contributed by atoms with Gasteiger partial charge in [0.2, 0.25) is 0 Å². The summed E-state index contributed by atoms with van der Waals surface area (Å²) in [6.45, 7) is 9.12. The highest BCUT2D eigenvalue weighted by Gasteiger charge is 2.04. The summed E-state index contributed by atoms with van der Waals surface area (Å²) >= 11 is 0. The summed E-state index contributed by atoms with van der Waals surface area (Å²) in [6.07, 6.45) is 3.66. The summed E-state index contributed by atoms with van der Waals surface area (Å²) in [7, 11) is 0. The molecule has 4 heteroatoms. The standard InChI is InChI=1S/C17H31NO3/c1-17(2,3)10-6-4-5-8-16(19)9-7-12-20-14-15-21-13-11-18/h4-5,7-9,11-15,18H2,1-3H3. The van der Waals surface area contributed by atoms with Gasteiger partial charge in [0.25, 0.3) is 0 Å². The minimum Gasteiger partial charge on any atom is -0.379 e. The predicted molar refractivity (Wildman–Crippen MR) is 86.0 cm³/mol. The van der Waals surface area contributed by atoms with Crippen molar-refractivity contribution >= 4 is 5.78 Å². The summed E-state index contributed by atoms with van der Waals surface area (Å²) in [5.74, 6) is 6.61. The molecule has 0 aromatic heterocycles. The van der Waals surface area contributed by atoms with Crippen molar-refractivity contribution in [2.24, 2.45) is 11.1 Å². The van der Waals surface area contributed by atoms with Crippen LogP contribution in [0.5, 0.6) is 0 Å². The van der Waals surface area contributed by atoms with Crippen molar-refractivity contribution in [2.45, 2.75) is 52.9 Å². The third-order valence-electron chi connectivity index (χ3n) is 2.60. The largest absolute Gasteiger partial charge is 0.379 e. The van der Waals surface area contributed by atoms with Crippen molar-refractivity contribution in [1.29, 1.82) is 0 Å². The zero-order valence-corrected chi connectivity index (χ0v) is 13.9. The molecule has 0 aliphatic rings. The van der Waals surface area contributed by atoms with Gasteiger partial charge < -0.3 is 15.2 Å². The van der Waals surface area contributed by atoms with E-state index in [1.807, 2.05) is 0 Å². The number of hydrogen-bond donors (Lipinski definition) is 1. The second-order valence-corrected chi connectivity index (χ2v) is 6.06. The highest BCUT2D eigenvalue weighted by molar-refractivity contribution is 5.78. The molecule has 0 saturated carbocycles. The second-order valence-electron chi connectivity index (χ2n) is 6.06. The zero-order valence-electron chi connectivity index (χ0n) is 13.9. The topological polar surface area (TPSA) is 61.5 Å². The molecule has 0 saturated heterocycles. The molecule has 0 fully saturated rings. The minimum absolute atomic E-state index is 0.0508. The van der Waals surface area contributed by atoms with Gasteiger partial charge in [-0.05, 0) is 33.6 Å². The Bertz CT molecular complexity index is 323. The highest BCUT2D eigenvalue weighted by atomic mass is 16.5. The van der Waals surface area contributed by atoms with E-state index in [9.17, 15) is 4.79 Å². The maximum absolute atomic E-state index is 11.6. The number of hydrogen-bond acceptors (Lipinski definition) is 4. The molecule has 0 aliphatic carbocycles. The third kappa shape index (κ3) is 17.1. The lowest BCUT2D eigenvalue weighted by Crippen LogP contribution is -2.12. The third-order valence-corrected chi connectivity index (χ3v) is 2.60. The highest BCUT2D eigenvalue weighted by Crippen LogP contribution is 2.10. The normalized spacial score (nSPS) is 11.0. The van der Waals surface area contributed by atoms with Gasteiger partial charge in [-0.15, -0.1) is 5.92 Å². The van der Waals surface area contributed by atoms with Crippen LogP contribution < -0.4 is 5.73 Å². The molecule has 0 aliphatic heterocycles. The van der Waals surface area contributed by atoms with Crippen molar-refractivity contribution in [2.75, 3.05) is 33.0 Å². The molecule has 0 bridgehead atoms. The van der Waals surface area contributed by atoms with Crippen LogP contribution in [0.15, 0.2) is 0 Å². The van der Waals surface area contributed by atoms with E-state index >= 15 is 0 Å². The van der Waals surface area contributed by atoms with E-state index in [0.29, 0.717) is 51.6 Å². The van der Waals surface area contributed by atoms with Crippen LogP contribution in [0.3, 0.4) is 0 Å². The zero-order chi connectivity index (χ0) is 16.0. The Kier molecular flexibility index (Phi) is 12.3. The average molecular weight is 297 g/mol. The Morgan fingerprint density at radius 2 is 1.62 bits per heavy atom. The van der Waals surface area contributed by atoms with Crippen molar-refractivity contribution in [3.63, 3.8) is 0 Å². The lowest BCUT2D eigenvalue weighted by atomic mass is 9.97. The van der Waals surface area contributed by atoms with Gasteiger partial charge >= 0.3 is 0 Å². The number of ketones is 1. The van der Waals surface area contributed by atoms with Crippen LogP contribution in [0.1, 0.15) is 52.9 Å². The maximum Gasteiger partial charge on any atom is 0.133 e. The number of unbranched alkanes of at least 4 members (excludes halogenated alkanes) is 1. The molecule has 0 atom stereocenters. The van der Waals surface area contributed by atoms with Gasteiger partial charge in [0.1, 0.15) is 5.78 Å². The molecule has 0 aromatic rings. The van der Waals surface area contributed by atoms with Crippen LogP contribution >= 0.6 is 0 Å². The first-order valence-electron chi connectivity index (χ1n) is 7.83. The molecule has 0 heterocycles. The lowest BCUT2D eigenvalue weighted by Gasteiger charge is -2.06. The van der Waals surface area contributed by atoms with Crippen LogP contribution in [0.2, 0.25) is 0 Å². The van der Waals surface area contributed by atoms with Gasteiger partial charge in [-0.1, -0.05) is 5.92 Å². The number of Topliss-reactive ketones (excluding diaryl/α,β-unsaturated/α-hetero) is 1. The number of nitrogens with two attached hydrogens (primary N) is 1. The van der Waals surface area contributed by atoms with E-state index in [-0.39, 0.29) is 5.41 Å². The lowest BCUT2D eigenvalue weighted by molar-refractivity contribution is -0.119. The van der Waals surface area contributed by atoms with Crippen molar-refractivity contribution in [3.8, 4) is 11.8 Å². The van der Waals surface area contributed by atoms with Crippen molar-refractivity contribution in [3.05, 3.63) is 0 Å². The van der Waals surface area contributed by atoms with Gasteiger partial charge in [-0.3, -0.25) is 4.79 Å². The fourth-order valence-corrected chi connectivity index (χ4v) is 1.60. The van der Waals surface area contributed by atoms with Gasteiger partial charge in [-0.2, -0.15) is 0 Å². The smallest absolute Gasteiger partial charge is 0.133 e. The molecule has 4 nitrogen and oxygen atoms in total. The van der Waals surface area contributed by atoms with Crippen molar-refractivity contribution < 1.29 is 14.3 Å². The summed E-state index contributed by atoms with van der Waals surface area (Å²) in [6, 6.07) is 0. The Morgan fingerprint density at radius 1 is 1.00 bits per heavy atom. The van der Waals surface area contributed by atoms with Gasteiger partial charge in [-0.25, -0.2) is 0 Å². The van der Waals surface area contributed by atoms with E-state index in [4.69, 9.17) is 15.2 Å². The first-order valence-corrected chi connectivity index (χ1v) is 7.83. The molecule has 0 radical (unpaired) electrons. The number of carbonyl (C=O) groups excluding carboxylic acids is 1. The Labute approximate surface area is 129 Å². The summed E-state index contributed by atoms with van der Waals surface area (Å²) in [4.78, 5) is 11.6. The van der Waals surface area contributed by atoms with Crippen LogP contribution in [0, 0.1) is 17.3 Å². The first-order chi connectivity index (χ1) is 9.95. The Balaban J connectivity index is 3.36. The van der Waals surface area contributed by atoms with E-state index in [2.05, 4.69) is 32.6 Å². The van der Waals surface area contributed by atoms with E-state index < -0.39 is 0 Å². The monoisotopic (exact) mass is 297 g/mol. The van der Waals surface area contributed by atoms with Crippen LogP contribution in [0.4, 0.5) is 0 Å². The molecule has 0 spiro atoms. The van der Waals surface area contributed by atoms with Crippen molar-refractivity contribution in [1.82, 2.24) is 0 Å². The fourth-order valence-electron chi connectivity index (χ4n) is 1.60. The molecule has 21 heavy (non-hydrogen) atoms. The first kappa shape index (κ1) is 20.1. The minimum atomic E-state index is 0.0508. The molecule has 2 N–H and O–H groups in total. The Morgan fingerprint density at radius 3 is 2.24 bits per heavy atom. The molecule has 122 valence electrons. The molecule has 0 aromatic carbocycles. The van der Waals surface area contributed by atoms with Crippen LogP contribution in [-0.4, -0.2) is 38.8 Å². The number of rotatable bonds is 12.